The van der Waals surface area contributed by atoms with Gasteiger partial charge in [0.1, 0.15) is 11.5 Å². The smallest absolute Gasteiger partial charge is 0.275 e. The van der Waals surface area contributed by atoms with Crippen molar-refractivity contribution in [3.05, 3.63) is 47.9 Å². The fourth-order valence-corrected chi connectivity index (χ4v) is 1.32. The summed E-state index contributed by atoms with van der Waals surface area (Å²) in [6, 6.07) is 8.58. The Morgan fingerprint density at radius 2 is 2.17 bits per heavy atom. The molecule has 0 fully saturated rings. The summed E-state index contributed by atoms with van der Waals surface area (Å²) in [4.78, 5) is 19.4. The SMILES string of the molecule is N#Cc1cccc(NC(=O)c2cnc(N)cn2)c1. The first-order valence-corrected chi connectivity index (χ1v) is 5.08. The minimum absolute atomic E-state index is 0.159. The number of rotatable bonds is 2. The molecule has 0 radical (unpaired) electrons. The van der Waals surface area contributed by atoms with E-state index in [-0.39, 0.29) is 11.5 Å². The number of nitrogens with zero attached hydrogens (tertiary/aromatic N) is 3. The van der Waals surface area contributed by atoms with E-state index in [1.54, 1.807) is 24.3 Å². The summed E-state index contributed by atoms with van der Waals surface area (Å²) in [5.74, 6) is -0.157. The highest BCUT2D eigenvalue weighted by atomic mass is 16.1. The number of nitrogens with two attached hydrogens (primary N) is 1. The van der Waals surface area contributed by atoms with Gasteiger partial charge < -0.3 is 11.1 Å². The van der Waals surface area contributed by atoms with Crippen molar-refractivity contribution in [1.82, 2.24) is 9.97 Å². The number of hydrogen-bond acceptors (Lipinski definition) is 5. The third-order valence-corrected chi connectivity index (χ3v) is 2.15. The Morgan fingerprint density at radius 1 is 1.33 bits per heavy atom. The van der Waals surface area contributed by atoms with Crippen LogP contribution in [0, 0.1) is 11.3 Å². The summed E-state index contributed by atoms with van der Waals surface area (Å²) in [7, 11) is 0. The summed E-state index contributed by atoms with van der Waals surface area (Å²) < 4.78 is 0. The first-order chi connectivity index (χ1) is 8.69. The zero-order valence-electron chi connectivity index (χ0n) is 9.29. The van der Waals surface area contributed by atoms with Gasteiger partial charge >= 0.3 is 0 Å². The number of amides is 1. The predicted molar refractivity (Wildman–Crippen MR) is 65.6 cm³/mol. The van der Waals surface area contributed by atoms with Crippen LogP contribution in [0.5, 0.6) is 0 Å². The van der Waals surface area contributed by atoms with Crippen molar-refractivity contribution in [1.29, 1.82) is 5.26 Å². The van der Waals surface area contributed by atoms with Crippen LogP contribution in [0.1, 0.15) is 16.1 Å². The molecule has 2 rings (SSSR count). The maximum Gasteiger partial charge on any atom is 0.275 e. The predicted octanol–water partition coefficient (Wildman–Crippen LogP) is 1.18. The first-order valence-electron chi connectivity index (χ1n) is 5.08. The van der Waals surface area contributed by atoms with Gasteiger partial charge in [-0.2, -0.15) is 5.26 Å². The zero-order chi connectivity index (χ0) is 13.0. The number of anilines is 2. The van der Waals surface area contributed by atoms with Gasteiger partial charge in [-0.3, -0.25) is 4.79 Å². The topological polar surface area (TPSA) is 105 Å². The van der Waals surface area contributed by atoms with Crippen LogP contribution >= 0.6 is 0 Å². The monoisotopic (exact) mass is 239 g/mol. The van der Waals surface area contributed by atoms with Crippen molar-refractivity contribution >= 4 is 17.4 Å². The lowest BCUT2D eigenvalue weighted by Crippen LogP contribution is -2.14. The van der Waals surface area contributed by atoms with Crippen molar-refractivity contribution in [3.8, 4) is 6.07 Å². The van der Waals surface area contributed by atoms with E-state index in [1.807, 2.05) is 6.07 Å². The van der Waals surface area contributed by atoms with Gasteiger partial charge in [-0.15, -0.1) is 0 Å². The minimum atomic E-state index is -0.405. The van der Waals surface area contributed by atoms with E-state index in [2.05, 4.69) is 15.3 Å². The van der Waals surface area contributed by atoms with Gasteiger partial charge in [-0.1, -0.05) is 6.07 Å². The van der Waals surface area contributed by atoms with E-state index >= 15 is 0 Å². The van der Waals surface area contributed by atoms with E-state index in [1.165, 1.54) is 12.4 Å². The van der Waals surface area contributed by atoms with Gasteiger partial charge in [0, 0.05) is 5.69 Å². The van der Waals surface area contributed by atoms with Gasteiger partial charge in [0.05, 0.1) is 24.0 Å². The highest BCUT2D eigenvalue weighted by Crippen LogP contribution is 2.10. The third-order valence-electron chi connectivity index (χ3n) is 2.15. The van der Waals surface area contributed by atoms with Crippen molar-refractivity contribution in [2.45, 2.75) is 0 Å². The molecule has 88 valence electrons. The molecule has 0 aliphatic rings. The first kappa shape index (κ1) is 11.5. The summed E-state index contributed by atoms with van der Waals surface area (Å²) in [5.41, 5.74) is 6.53. The van der Waals surface area contributed by atoms with E-state index in [4.69, 9.17) is 11.0 Å². The maximum absolute atomic E-state index is 11.8. The fraction of sp³-hybridized carbons (Fsp3) is 0. The van der Waals surface area contributed by atoms with Gasteiger partial charge in [-0.05, 0) is 18.2 Å². The average molecular weight is 239 g/mol. The highest BCUT2D eigenvalue weighted by molar-refractivity contribution is 6.02. The molecule has 6 nitrogen and oxygen atoms in total. The quantitative estimate of drug-likeness (QED) is 0.818. The van der Waals surface area contributed by atoms with Crippen molar-refractivity contribution in [3.63, 3.8) is 0 Å². The average Bonchev–Trinajstić information content (AvgIpc) is 2.39. The molecule has 0 atom stereocenters. The number of nitrogens with one attached hydrogen (secondary N) is 1. The Balaban J connectivity index is 2.16. The van der Waals surface area contributed by atoms with Gasteiger partial charge in [0.15, 0.2) is 0 Å². The summed E-state index contributed by atoms with van der Waals surface area (Å²) >= 11 is 0. The molecule has 1 aromatic carbocycles. The number of nitrogen functional groups attached to an aromatic ring is 1. The molecule has 1 aromatic heterocycles. The van der Waals surface area contributed by atoms with Gasteiger partial charge in [0.25, 0.3) is 5.91 Å². The molecule has 0 saturated carbocycles. The zero-order valence-corrected chi connectivity index (χ0v) is 9.29. The molecule has 18 heavy (non-hydrogen) atoms. The molecule has 0 unspecified atom stereocenters. The number of benzene rings is 1. The van der Waals surface area contributed by atoms with Crippen LogP contribution in [-0.2, 0) is 0 Å². The Bertz CT molecular complexity index is 615. The van der Waals surface area contributed by atoms with E-state index < -0.39 is 5.91 Å². The van der Waals surface area contributed by atoms with Crippen LogP contribution in [0.25, 0.3) is 0 Å². The second-order valence-electron chi connectivity index (χ2n) is 3.47. The molecule has 2 aromatic rings. The molecule has 0 saturated heterocycles. The van der Waals surface area contributed by atoms with Crippen LogP contribution in [0.3, 0.4) is 0 Å². The van der Waals surface area contributed by atoms with E-state index in [9.17, 15) is 4.79 Å². The number of aromatic nitrogens is 2. The van der Waals surface area contributed by atoms with Crippen molar-refractivity contribution in [2.24, 2.45) is 0 Å². The molecule has 1 amide bonds. The largest absolute Gasteiger partial charge is 0.382 e. The molecule has 1 heterocycles. The van der Waals surface area contributed by atoms with E-state index in [0.717, 1.165) is 0 Å². The Kier molecular flexibility index (Phi) is 3.16. The van der Waals surface area contributed by atoms with Gasteiger partial charge in [-0.25, -0.2) is 9.97 Å². The van der Waals surface area contributed by atoms with Crippen LogP contribution in [0.4, 0.5) is 11.5 Å². The molecule has 6 heteroatoms. The lowest BCUT2D eigenvalue weighted by Gasteiger charge is -2.04. The lowest BCUT2D eigenvalue weighted by molar-refractivity contribution is 0.102. The molecule has 0 spiro atoms. The van der Waals surface area contributed by atoms with Crippen LogP contribution in [0.15, 0.2) is 36.7 Å². The number of hydrogen-bond donors (Lipinski definition) is 2. The lowest BCUT2D eigenvalue weighted by atomic mass is 10.2. The second-order valence-corrected chi connectivity index (χ2v) is 3.47. The molecule has 0 aliphatic carbocycles. The Labute approximate surface area is 103 Å². The van der Waals surface area contributed by atoms with Crippen LogP contribution < -0.4 is 11.1 Å². The minimum Gasteiger partial charge on any atom is -0.382 e. The number of carbonyl (C=O) groups is 1. The van der Waals surface area contributed by atoms with E-state index in [0.29, 0.717) is 11.3 Å². The summed E-state index contributed by atoms with van der Waals surface area (Å²) in [6.45, 7) is 0. The summed E-state index contributed by atoms with van der Waals surface area (Å²) in [6.07, 6.45) is 2.60. The molecule has 3 N–H and O–H groups in total. The fourth-order valence-electron chi connectivity index (χ4n) is 1.32. The highest BCUT2D eigenvalue weighted by Gasteiger charge is 2.08. The van der Waals surface area contributed by atoms with Crippen LogP contribution in [-0.4, -0.2) is 15.9 Å². The summed E-state index contributed by atoms with van der Waals surface area (Å²) in [5, 5.41) is 11.4. The molecular weight excluding hydrogens is 230 g/mol. The molecular formula is C12H9N5O. The molecule has 0 aliphatic heterocycles. The molecule has 0 bridgehead atoms. The normalized spacial score (nSPS) is 9.50. The number of carbonyl (C=O) groups excluding carboxylic acids is 1. The van der Waals surface area contributed by atoms with Crippen molar-refractivity contribution in [2.75, 3.05) is 11.1 Å². The van der Waals surface area contributed by atoms with Gasteiger partial charge in [0.2, 0.25) is 0 Å². The second kappa shape index (κ2) is 4.93. The number of nitriles is 1. The third kappa shape index (κ3) is 2.59. The van der Waals surface area contributed by atoms with Crippen LogP contribution in [0.2, 0.25) is 0 Å². The Hall–Kier alpha value is -2.94. The standard InChI is InChI=1S/C12H9N5O/c13-5-8-2-1-3-9(4-8)17-12(18)10-6-16-11(14)7-15-10/h1-4,6-7H,(H2,14,16)(H,17,18). The maximum atomic E-state index is 11.8. The Morgan fingerprint density at radius 3 is 2.83 bits per heavy atom. The van der Waals surface area contributed by atoms with Crippen molar-refractivity contribution < 1.29 is 4.79 Å².